The monoisotopic (exact) mass is 465 g/mol. The van der Waals surface area contributed by atoms with Crippen molar-refractivity contribution in [2.24, 2.45) is 0 Å². The zero-order valence-corrected chi connectivity index (χ0v) is 19.3. The third-order valence-corrected chi connectivity index (χ3v) is 6.82. The third kappa shape index (κ3) is 4.19. The van der Waals surface area contributed by atoms with Crippen LogP contribution in [0.15, 0.2) is 42.5 Å². The normalized spacial score (nSPS) is 17.5. The van der Waals surface area contributed by atoms with Gasteiger partial charge in [0.2, 0.25) is 0 Å². The maximum absolute atomic E-state index is 11.9. The maximum Gasteiger partial charge on any atom is 0.251 e. The van der Waals surface area contributed by atoms with E-state index in [0.29, 0.717) is 46.5 Å². The van der Waals surface area contributed by atoms with E-state index in [4.69, 9.17) is 27.1 Å². The summed E-state index contributed by atoms with van der Waals surface area (Å²) in [6.45, 7) is 3.68. The lowest BCUT2D eigenvalue weighted by molar-refractivity contribution is -0.169. The van der Waals surface area contributed by atoms with Gasteiger partial charge in [-0.2, -0.15) is 0 Å². The number of aromatic nitrogens is 2. The average molecular weight is 466 g/mol. The number of piperidine rings is 1. The van der Waals surface area contributed by atoms with E-state index >= 15 is 0 Å². The molecular formula is C24H27N5O3S. The van der Waals surface area contributed by atoms with Crippen molar-refractivity contribution >= 4 is 34.7 Å². The minimum absolute atomic E-state index is 0.174. The fourth-order valence-corrected chi connectivity index (χ4v) is 4.87. The summed E-state index contributed by atoms with van der Waals surface area (Å²) < 4.78 is 13.9. The summed E-state index contributed by atoms with van der Waals surface area (Å²) in [6, 6.07) is 13.7. The van der Waals surface area contributed by atoms with Gasteiger partial charge in [-0.05, 0) is 48.1 Å². The van der Waals surface area contributed by atoms with Gasteiger partial charge in [0.25, 0.3) is 5.91 Å². The number of H-pyrrole nitrogens is 1. The van der Waals surface area contributed by atoms with E-state index in [1.54, 1.807) is 29.8 Å². The highest BCUT2D eigenvalue weighted by atomic mass is 32.1. The molecule has 0 atom stereocenters. The number of carbonyl (C=O) groups excluding carboxylic acids is 1. The third-order valence-electron chi connectivity index (χ3n) is 6.50. The number of hydrogen-bond donors (Lipinski definition) is 3. The molecule has 1 aromatic heterocycles. The van der Waals surface area contributed by atoms with Gasteiger partial charge in [0.05, 0.1) is 25.3 Å². The van der Waals surface area contributed by atoms with Crippen molar-refractivity contribution < 1.29 is 14.3 Å². The summed E-state index contributed by atoms with van der Waals surface area (Å²) in [4.78, 5) is 17.5. The lowest BCUT2D eigenvalue weighted by Crippen LogP contribution is -2.45. The molecule has 3 N–H and O–H groups in total. The van der Waals surface area contributed by atoms with Gasteiger partial charge in [-0.3, -0.25) is 14.8 Å². The summed E-state index contributed by atoms with van der Waals surface area (Å²) in [7, 11) is 1.59. The van der Waals surface area contributed by atoms with Crippen LogP contribution in [0.5, 0.6) is 0 Å². The Balaban J connectivity index is 1.34. The Morgan fingerprint density at radius 2 is 1.85 bits per heavy atom. The second-order valence-corrected chi connectivity index (χ2v) is 8.85. The minimum Gasteiger partial charge on any atom is -0.371 e. The van der Waals surface area contributed by atoms with Crippen LogP contribution in [0.1, 0.15) is 28.8 Å². The van der Waals surface area contributed by atoms with Crippen LogP contribution in [0.25, 0.3) is 10.9 Å². The Kier molecular flexibility index (Phi) is 5.77. The van der Waals surface area contributed by atoms with Gasteiger partial charge in [0.15, 0.2) is 10.6 Å². The lowest BCUT2D eigenvalue weighted by atomic mass is 10.0. The van der Waals surface area contributed by atoms with Crippen molar-refractivity contribution in [3.8, 4) is 0 Å². The predicted octanol–water partition coefficient (Wildman–Crippen LogP) is 2.93. The molecule has 172 valence electrons. The molecule has 1 amide bonds. The number of benzene rings is 2. The average Bonchev–Trinajstić information content (AvgIpc) is 3.29. The predicted molar refractivity (Wildman–Crippen MR) is 128 cm³/mol. The molecule has 9 heteroatoms. The summed E-state index contributed by atoms with van der Waals surface area (Å²) in [5.41, 5.74) is 3.76. The highest BCUT2D eigenvalue weighted by Gasteiger charge is 2.39. The molecule has 0 unspecified atom stereocenters. The highest BCUT2D eigenvalue weighted by Crippen LogP contribution is 2.33. The van der Waals surface area contributed by atoms with Gasteiger partial charge < -0.3 is 24.7 Å². The first kappa shape index (κ1) is 21.8. The van der Waals surface area contributed by atoms with Crippen LogP contribution >= 0.6 is 12.2 Å². The number of ether oxygens (including phenoxy) is 2. The van der Waals surface area contributed by atoms with Crippen LogP contribution in [0.3, 0.4) is 0 Å². The number of anilines is 1. The molecule has 2 aliphatic heterocycles. The van der Waals surface area contributed by atoms with Gasteiger partial charge in [0, 0.05) is 49.6 Å². The van der Waals surface area contributed by atoms with Gasteiger partial charge in [-0.25, -0.2) is 0 Å². The number of nitrogens with one attached hydrogen (secondary N) is 3. The first-order valence-electron chi connectivity index (χ1n) is 11.1. The Morgan fingerprint density at radius 3 is 2.52 bits per heavy atom. The smallest absolute Gasteiger partial charge is 0.251 e. The van der Waals surface area contributed by atoms with Crippen LogP contribution in [-0.4, -0.2) is 54.6 Å². The van der Waals surface area contributed by atoms with E-state index in [0.717, 1.165) is 31.5 Å². The van der Waals surface area contributed by atoms with Crippen LogP contribution in [0.4, 0.5) is 5.69 Å². The molecule has 0 radical (unpaired) electrons. The molecule has 0 bridgehead atoms. The molecular weight excluding hydrogens is 438 g/mol. The summed E-state index contributed by atoms with van der Waals surface area (Å²) in [5.74, 6) is -0.544. The van der Waals surface area contributed by atoms with Gasteiger partial charge in [0.1, 0.15) is 5.49 Å². The molecule has 0 aliphatic carbocycles. The van der Waals surface area contributed by atoms with Crippen molar-refractivity contribution in [1.82, 2.24) is 14.9 Å². The number of amides is 1. The van der Waals surface area contributed by atoms with Gasteiger partial charge in [-0.15, -0.1) is 0 Å². The maximum atomic E-state index is 11.9. The summed E-state index contributed by atoms with van der Waals surface area (Å²) >= 11 is 5.54. The summed E-state index contributed by atoms with van der Waals surface area (Å²) in [5, 5.41) is 12.0. The van der Waals surface area contributed by atoms with Crippen molar-refractivity contribution in [1.29, 1.82) is 5.41 Å². The number of fused-ring (bicyclic) bond motifs is 1. The molecule has 33 heavy (non-hydrogen) atoms. The van der Waals surface area contributed by atoms with E-state index in [1.165, 1.54) is 5.69 Å². The van der Waals surface area contributed by atoms with Crippen LogP contribution in [-0.2, 0) is 16.0 Å². The van der Waals surface area contributed by atoms with Crippen LogP contribution in [0.2, 0.25) is 0 Å². The van der Waals surface area contributed by atoms with E-state index in [1.807, 2.05) is 0 Å². The van der Waals surface area contributed by atoms with Gasteiger partial charge >= 0.3 is 0 Å². The van der Waals surface area contributed by atoms with E-state index in [-0.39, 0.29) is 11.7 Å². The standard InChI is InChI=1S/C24H27N5O3S/c1-26-22(30)17-4-7-19-20(14-17)27-23(33)29(21(19)25)15-16-2-5-18(6-3-16)28-10-8-24(9-11-28)31-12-13-32-24/h2-7,14,25H,8-13,15H2,1H3,(H,26,30)(H,27,33). The topological polar surface area (TPSA) is 95.4 Å². The highest BCUT2D eigenvalue weighted by molar-refractivity contribution is 7.71. The fraction of sp³-hybridized carbons (Fsp3) is 0.375. The Morgan fingerprint density at radius 1 is 1.15 bits per heavy atom. The number of aromatic amines is 1. The lowest BCUT2D eigenvalue weighted by Gasteiger charge is -2.38. The molecule has 5 rings (SSSR count). The Bertz CT molecular complexity index is 1300. The molecule has 2 aliphatic rings. The van der Waals surface area contributed by atoms with Crippen molar-refractivity contribution in [3.05, 3.63) is 63.9 Å². The second-order valence-electron chi connectivity index (χ2n) is 8.47. The molecule has 1 spiro atoms. The number of nitrogens with zero attached hydrogens (tertiary/aromatic N) is 2. The zero-order valence-electron chi connectivity index (χ0n) is 18.5. The fourth-order valence-electron chi connectivity index (χ4n) is 4.61. The van der Waals surface area contributed by atoms with Crippen molar-refractivity contribution in [2.45, 2.75) is 25.2 Å². The van der Waals surface area contributed by atoms with Crippen molar-refractivity contribution in [3.63, 3.8) is 0 Å². The first-order valence-corrected chi connectivity index (χ1v) is 11.5. The summed E-state index contributed by atoms with van der Waals surface area (Å²) in [6.07, 6.45) is 1.75. The van der Waals surface area contributed by atoms with Crippen LogP contribution < -0.4 is 15.7 Å². The SMILES string of the molecule is CNC(=O)c1ccc2c(=N)n(Cc3ccc(N4CCC5(CC4)OCCO5)cc3)c(=S)[nH]c2c1. The van der Waals surface area contributed by atoms with E-state index in [2.05, 4.69) is 39.5 Å². The number of hydrogen-bond acceptors (Lipinski definition) is 6. The number of rotatable bonds is 4. The number of carbonyl (C=O) groups is 1. The quantitative estimate of drug-likeness (QED) is 0.515. The molecule has 0 saturated carbocycles. The largest absolute Gasteiger partial charge is 0.371 e. The molecule has 2 fully saturated rings. The van der Waals surface area contributed by atoms with Crippen molar-refractivity contribution in [2.75, 3.05) is 38.3 Å². The van der Waals surface area contributed by atoms with E-state index < -0.39 is 0 Å². The molecule has 3 heterocycles. The second kappa shape index (κ2) is 8.74. The molecule has 8 nitrogen and oxygen atoms in total. The minimum atomic E-state index is -0.370. The first-order chi connectivity index (χ1) is 16.0. The zero-order chi connectivity index (χ0) is 23.0. The Labute approximate surface area is 196 Å². The van der Waals surface area contributed by atoms with Gasteiger partial charge in [-0.1, -0.05) is 12.1 Å². The molecule has 2 saturated heterocycles. The Hall–Kier alpha value is -3.01. The molecule has 3 aromatic rings. The van der Waals surface area contributed by atoms with E-state index in [9.17, 15) is 4.79 Å². The van der Waals surface area contributed by atoms with Crippen LogP contribution in [0, 0.1) is 10.2 Å². The molecule has 2 aromatic carbocycles.